The van der Waals surface area contributed by atoms with Crippen LogP contribution in [0.2, 0.25) is 10.2 Å². The average Bonchev–Trinajstić information content (AvgIpc) is 2.80. The van der Waals surface area contributed by atoms with E-state index in [0.717, 1.165) is 11.6 Å². The van der Waals surface area contributed by atoms with Gasteiger partial charge < -0.3 is 9.80 Å². The summed E-state index contributed by atoms with van der Waals surface area (Å²) in [7, 11) is 0. The zero-order chi connectivity index (χ0) is 24.5. The summed E-state index contributed by atoms with van der Waals surface area (Å²) in [6.07, 6.45) is -0.796. The summed E-state index contributed by atoms with van der Waals surface area (Å²) in [4.78, 5) is 34.4. The number of aromatic nitrogens is 1. The zero-order valence-corrected chi connectivity index (χ0v) is 19.5. The van der Waals surface area contributed by atoms with Gasteiger partial charge in [0.05, 0.1) is 35.6 Å². The third-order valence-electron chi connectivity index (χ3n) is 5.89. The maximum atomic E-state index is 13.2. The predicted molar refractivity (Wildman–Crippen MR) is 124 cm³/mol. The van der Waals surface area contributed by atoms with E-state index in [2.05, 4.69) is 4.98 Å². The minimum absolute atomic E-state index is 0.0980. The summed E-state index contributed by atoms with van der Waals surface area (Å²) in [5.41, 5.74) is 0.975. The first-order valence-electron chi connectivity index (χ1n) is 10.6. The molecule has 180 valence electrons. The Morgan fingerprint density at radius 2 is 1.88 bits per heavy atom. The smallest absolute Gasteiger partial charge is 0.338 e. The number of piperazine rings is 1. The Labute approximate surface area is 204 Å². The van der Waals surface area contributed by atoms with Crippen molar-refractivity contribution in [2.24, 2.45) is 0 Å². The molecule has 1 aromatic carbocycles. The van der Waals surface area contributed by atoms with Gasteiger partial charge in [-0.2, -0.15) is 13.2 Å². The van der Waals surface area contributed by atoms with Gasteiger partial charge in [-0.25, -0.2) is 4.98 Å². The molecule has 2 aliphatic heterocycles. The normalized spacial score (nSPS) is 17.7. The van der Waals surface area contributed by atoms with Crippen LogP contribution in [0.25, 0.3) is 5.57 Å². The van der Waals surface area contributed by atoms with Crippen LogP contribution in [0.4, 0.5) is 18.9 Å². The van der Waals surface area contributed by atoms with E-state index in [9.17, 15) is 22.8 Å². The molecule has 0 bridgehead atoms. The Balaban J connectivity index is 1.33. The number of pyridine rings is 1. The van der Waals surface area contributed by atoms with Gasteiger partial charge in [-0.1, -0.05) is 35.3 Å². The summed E-state index contributed by atoms with van der Waals surface area (Å²) in [6.45, 7) is 1.84. The van der Waals surface area contributed by atoms with E-state index in [1.54, 1.807) is 39.0 Å². The van der Waals surface area contributed by atoms with E-state index in [0.29, 0.717) is 49.0 Å². The van der Waals surface area contributed by atoms with E-state index < -0.39 is 11.7 Å². The number of rotatable bonds is 4. The highest BCUT2D eigenvalue weighted by Gasteiger charge is 2.34. The van der Waals surface area contributed by atoms with Gasteiger partial charge in [0.2, 0.25) is 11.8 Å². The summed E-state index contributed by atoms with van der Waals surface area (Å²) in [6, 6.07) is 7.19. The van der Waals surface area contributed by atoms with Crippen LogP contribution in [0, 0.1) is 0 Å². The number of hydrogen-bond acceptors (Lipinski definition) is 4. The van der Waals surface area contributed by atoms with Gasteiger partial charge >= 0.3 is 6.18 Å². The fourth-order valence-corrected chi connectivity index (χ4v) is 4.39. The van der Waals surface area contributed by atoms with Gasteiger partial charge in [0.15, 0.2) is 0 Å². The van der Waals surface area contributed by atoms with Crippen LogP contribution in [0.5, 0.6) is 0 Å². The average molecular weight is 513 g/mol. The van der Waals surface area contributed by atoms with Gasteiger partial charge in [-0.3, -0.25) is 14.5 Å². The number of carbonyl (C=O) groups excluding carboxylic acids is 2. The zero-order valence-electron chi connectivity index (χ0n) is 18.0. The monoisotopic (exact) mass is 512 g/mol. The first kappa shape index (κ1) is 24.5. The van der Waals surface area contributed by atoms with Crippen molar-refractivity contribution in [1.82, 2.24) is 14.8 Å². The summed E-state index contributed by atoms with van der Waals surface area (Å²) >= 11 is 11.5. The summed E-state index contributed by atoms with van der Waals surface area (Å²) in [5, 5.41) is 0.00228. The van der Waals surface area contributed by atoms with Gasteiger partial charge in [0, 0.05) is 26.2 Å². The highest BCUT2D eigenvalue weighted by atomic mass is 35.5. The summed E-state index contributed by atoms with van der Waals surface area (Å²) in [5.74, 6) is -0.260. The predicted octanol–water partition coefficient (Wildman–Crippen LogP) is 4.37. The maximum absolute atomic E-state index is 13.2. The SMILES string of the molecule is O=C(CN1CCN(c2ccc(Cl)nc2)C(=O)C1)N1CC=C(c2ccc(Cl)c(C(F)(F)F)c2)CC1. The van der Waals surface area contributed by atoms with Crippen LogP contribution in [0.1, 0.15) is 17.5 Å². The molecule has 0 saturated carbocycles. The van der Waals surface area contributed by atoms with Crippen molar-refractivity contribution in [3.05, 3.63) is 63.9 Å². The molecule has 2 amide bonds. The van der Waals surface area contributed by atoms with Gasteiger partial charge in [-0.15, -0.1) is 0 Å². The van der Waals surface area contributed by atoms with E-state index in [1.807, 2.05) is 0 Å². The minimum atomic E-state index is -4.53. The minimum Gasteiger partial charge on any atom is -0.338 e. The topological polar surface area (TPSA) is 56.8 Å². The lowest BCUT2D eigenvalue weighted by molar-refractivity contribution is -0.137. The molecule has 0 atom stereocenters. The van der Waals surface area contributed by atoms with Crippen LogP contribution in [0.3, 0.4) is 0 Å². The molecule has 6 nitrogen and oxygen atoms in total. The van der Waals surface area contributed by atoms with Crippen LogP contribution >= 0.6 is 23.2 Å². The molecule has 0 aliphatic carbocycles. The molecule has 0 spiro atoms. The lowest BCUT2D eigenvalue weighted by atomic mass is 9.97. The molecular weight excluding hydrogens is 492 g/mol. The number of hydrogen-bond donors (Lipinski definition) is 0. The third-order valence-corrected chi connectivity index (χ3v) is 6.44. The number of amides is 2. The fraction of sp³-hybridized carbons (Fsp3) is 0.348. The quantitative estimate of drug-likeness (QED) is 0.570. The number of halogens is 5. The molecule has 4 rings (SSSR count). The Hall–Kier alpha value is -2.62. The second kappa shape index (κ2) is 9.93. The molecule has 1 aromatic heterocycles. The Morgan fingerprint density at radius 3 is 2.50 bits per heavy atom. The Kier molecular flexibility index (Phi) is 7.16. The van der Waals surface area contributed by atoms with Crippen molar-refractivity contribution in [2.45, 2.75) is 12.6 Å². The van der Waals surface area contributed by atoms with Crippen molar-refractivity contribution in [3.8, 4) is 0 Å². The first-order valence-corrected chi connectivity index (χ1v) is 11.4. The molecule has 1 fully saturated rings. The van der Waals surface area contributed by atoms with Crippen molar-refractivity contribution < 1.29 is 22.8 Å². The number of benzene rings is 1. The maximum Gasteiger partial charge on any atom is 0.417 e. The molecule has 0 radical (unpaired) electrons. The number of alkyl halides is 3. The van der Waals surface area contributed by atoms with Crippen molar-refractivity contribution in [1.29, 1.82) is 0 Å². The molecule has 3 heterocycles. The fourth-order valence-electron chi connectivity index (χ4n) is 4.05. The Morgan fingerprint density at radius 1 is 1.09 bits per heavy atom. The van der Waals surface area contributed by atoms with Crippen molar-refractivity contribution >= 4 is 46.3 Å². The van der Waals surface area contributed by atoms with Gasteiger partial charge in [-0.05, 0) is 41.8 Å². The molecular formula is C23H21Cl2F3N4O2. The largest absolute Gasteiger partial charge is 0.417 e. The number of nitrogens with zero attached hydrogens (tertiary/aromatic N) is 4. The molecule has 2 aliphatic rings. The lowest BCUT2D eigenvalue weighted by Crippen LogP contribution is -2.53. The molecule has 34 heavy (non-hydrogen) atoms. The highest BCUT2D eigenvalue weighted by molar-refractivity contribution is 6.31. The molecule has 1 saturated heterocycles. The van der Waals surface area contributed by atoms with Gasteiger partial charge in [0.25, 0.3) is 0 Å². The van der Waals surface area contributed by atoms with E-state index in [-0.39, 0.29) is 29.9 Å². The van der Waals surface area contributed by atoms with Crippen molar-refractivity contribution in [3.63, 3.8) is 0 Å². The number of carbonyl (C=O) groups is 2. The van der Waals surface area contributed by atoms with E-state index in [4.69, 9.17) is 23.2 Å². The van der Waals surface area contributed by atoms with E-state index in [1.165, 1.54) is 12.3 Å². The number of anilines is 1. The first-order chi connectivity index (χ1) is 16.1. The third kappa shape index (κ3) is 5.54. The van der Waals surface area contributed by atoms with Crippen LogP contribution in [-0.2, 0) is 15.8 Å². The molecule has 2 aromatic rings. The van der Waals surface area contributed by atoms with Crippen LogP contribution < -0.4 is 4.90 Å². The van der Waals surface area contributed by atoms with Crippen molar-refractivity contribution in [2.75, 3.05) is 44.2 Å². The van der Waals surface area contributed by atoms with Crippen LogP contribution in [-0.4, -0.2) is 65.9 Å². The molecule has 11 heteroatoms. The second-order valence-corrected chi connectivity index (χ2v) is 8.90. The van der Waals surface area contributed by atoms with Crippen LogP contribution in [0.15, 0.2) is 42.6 Å². The molecule has 0 unspecified atom stereocenters. The summed E-state index contributed by atoms with van der Waals surface area (Å²) < 4.78 is 39.5. The molecule has 0 N–H and O–H groups in total. The highest BCUT2D eigenvalue weighted by Crippen LogP contribution is 2.37. The Bertz CT molecular complexity index is 1120. The lowest BCUT2D eigenvalue weighted by Gasteiger charge is -2.35. The van der Waals surface area contributed by atoms with E-state index >= 15 is 0 Å². The second-order valence-electron chi connectivity index (χ2n) is 8.11. The standard InChI is InChI=1S/C23H21Cl2F3N4O2/c24-19-3-1-16(11-18(19)23(26,27)28)15-5-7-31(8-6-15)21(33)13-30-9-10-32(22(34)14-30)17-2-4-20(25)29-12-17/h1-5,11-12H,6-10,13-14H2. The van der Waals surface area contributed by atoms with Gasteiger partial charge in [0.1, 0.15) is 5.15 Å².